The van der Waals surface area contributed by atoms with E-state index in [1.165, 1.54) is 25.6 Å². The number of nitrogens with two attached hydrogens (primary N) is 4. The van der Waals surface area contributed by atoms with E-state index in [-0.39, 0.29) is 136 Å². The van der Waals surface area contributed by atoms with Crippen LogP contribution in [0, 0.1) is 5.92 Å². The van der Waals surface area contributed by atoms with Crippen LogP contribution in [0.4, 0.5) is 0 Å². The van der Waals surface area contributed by atoms with Gasteiger partial charge in [-0.3, -0.25) is 115 Å². The topological polar surface area (TPSA) is 783 Å². The molecular weight excluding hydrogens is 1960 g/mol. The molecule has 3 aliphatic heterocycles. The molecule has 147 heavy (non-hydrogen) atoms. The third-order valence-corrected chi connectivity index (χ3v) is 27.7. The fourth-order valence-corrected chi connectivity index (χ4v) is 19.6. The number of hydrogen-bond acceptors (Lipinski definition) is 29. The molecule has 0 bridgehead atoms. The molecule has 0 spiro atoms. The lowest BCUT2D eigenvalue weighted by atomic mass is 9.97. The van der Waals surface area contributed by atoms with Crippen molar-refractivity contribution in [2.24, 2.45) is 28.9 Å². The number of fused-ring (bicyclic) bond motifs is 3. The van der Waals surface area contributed by atoms with Gasteiger partial charge in [0.1, 0.15) is 72.5 Å². The smallest absolute Gasteiger partial charge is 0.317 e. The van der Waals surface area contributed by atoms with Crippen molar-refractivity contribution in [1.29, 1.82) is 0 Å². The molecule has 3 fully saturated rings. The standard InChI is InChI=1S/C94H128N26O25S2/c1-4-50(2)81(114-93(144)82(51(3)121)115-89(140)63(30-52-38-101-60-17-10-7-14-57(52)60)105-75(124)20-6-5-13-21-100-76(125)43-116-22-24-117(44-78(128)129)26-28-119(46-80(132)133)29-27-118(25-23-116)45-79(130)131)92(143)113-71-48-147-146-47-70(91(142)111-69(32-54-40-103-62-19-12-9-16-59(54)62)94(145)120-42-55(95)33-72(120)83(98)134)112-88(139)68(37-77(126)127)110-85(136)65(34-56-41-99-49-104-56)107-84(135)64(31-53-39-102-61-18-11-8-15-58(53)61)106-86(137)66(35-73(96)122)108-87(138)67(36-74(97)123)109-90(71)141/h7-12,14-19,38-41,49-51,55,63-72,81-82,101-103,121H,4-6,13,20-37,42-48,95H2,1-3H3,(H2,96,122)(H2,97,123)(H2,98,134)(H,99,104)(H,100,125)(H,105,124)(H,106,137)(H,107,135)(H,108,138)(H,109,141)(H,110,136)(H,111,142)(H,112,139)(H,113,143)(H,114,144)(H,115,140)(H,126,127)(H,128,129)(H,130,131)(H,132,133)/t50-,51+,55-,63-,64-,65-,66-,67-,68-,69-,70-,71-,72-,81-,82-/m0/s1. The average molecular weight is 2090 g/mol. The second-order valence-electron chi connectivity index (χ2n) is 36.5. The van der Waals surface area contributed by atoms with Crippen molar-refractivity contribution in [2.45, 2.75) is 189 Å². The highest BCUT2D eigenvalue weighted by atomic mass is 33.1. The number of hydrogen-bond donors (Lipinski definition) is 25. The number of unbranched alkanes of at least 4 members (excludes halogenated alkanes) is 2. The van der Waals surface area contributed by atoms with Crippen LogP contribution in [0.2, 0.25) is 0 Å². The Balaban J connectivity index is 0.919. The number of likely N-dealkylation sites (tertiary alicyclic amines) is 1. The van der Waals surface area contributed by atoms with Crippen molar-refractivity contribution < 1.29 is 121 Å². The molecule has 7 heterocycles. The number of aliphatic hydroxyl groups excluding tert-OH is 1. The molecule has 0 saturated carbocycles. The maximum absolute atomic E-state index is 15.5. The number of para-hydroxylation sites is 3. The molecule has 7 aromatic rings. The minimum Gasteiger partial charge on any atom is -0.481 e. The van der Waals surface area contributed by atoms with Crippen molar-refractivity contribution in [3.8, 4) is 0 Å². The number of aliphatic hydroxyl groups is 1. The van der Waals surface area contributed by atoms with Gasteiger partial charge in [-0.2, -0.15) is 0 Å². The third kappa shape index (κ3) is 35.1. The van der Waals surface area contributed by atoms with E-state index in [2.05, 4.69) is 88.7 Å². The van der Waals surface area contributed by atoms with Gasteiger partial charge in [-0.15, -0.1) is 0 Å². The maximum Gasteiger partial charge on any atom is 0.317 e. The summed E-state index contributed by atoms with van der Waals surface area (Å²) in [6, 6.07) is -2.14. The average Bonchev–Trinajstić information content (AvgIpc) is 1.67. The van der Waals surface area contributed by atoms with E-state index in [4.69, 9.17) is 22.9 Å². The molecule has 51 nitrogen and oxygen atoms in total. The highest BCUT2D eigenvalue weighted by Gasteiger charge is 2.44. The number of imidazole rings is 1. The number of carboxylic acid groups (broad SMARTS) is 4. The molecule has 796 valence electrons. The Kier molecular flexibility index (Phi) is 43.2. The van der Waals surface area contributed by atoms with Crippen molar-refractivity contribution in [3.63, 3.8) is 0 Å². The summed E-state index contributed by atoms with van der Waals surface area (Å²) in [5.74, 6) is -25.0. The zero-order valence-electron chi connectivity index (χ0n) is 81.2. The summed E-state index contributed by atoms with van der Waals surface area (Å²) in [4.78, 5) is 306. The van der Waals surface area contributed by atoms with Gasteiger partial charge in [-0.05, 0) is 67.0 Å². The lowest BCUT2D eigenvalue weighted by molar-refractivity contribution is -0.142. The third-order valence-electron chi connectivity index (χ3n) is 25.3. The molecule has 4 aromatic heterocycles. The zero-order valence-corrected chi connectivity index (χ0v) is 82.8. The molecule has 29 N–H and O–H groups in total. The summed E-state index contributed by atoms with van der Waals surface area (Å²) in [5, 5.41) is 83.3. The van der Waals surface area contributed by atoms with Crippen LogP contribution in [-0.4, -0.2) is 381 Å². The summed E-state index contributed by atoms with van der Waals surface area (Å²) in [5.41, 5.74) is 27.0. The molecule has 0 aliphatic carbocycles. The Morgan fingerprint density at radius 3 is 1.43 bits per heavy atom. The van der Waals surface area contributed by atoms with Crippen molar-refractivity contribution in [1.82, 2.24) is 113 Å². The number of carboxylic acids is 4. The van der Waals surface area contributed by atoms with Crippen LogP contribution in [-0.2, 0) is 122 Å². The second-order valence-corrected chi connectivity index (χ2v) is 39.1. The Labute approximate surface area is 850 Å². The van der Waals surface area contributed by atoms with E-state index in [0.29, 0.717) is 83.8 Å². The number of rotatable bonds is 42. The summed E-state index contributed by atoms with van der Waals surface area (Å²) in [7, 11) is 1.34. The molecule has 53 heteroatoms. The van der Waals surface area contributed by atoms with E-state index in [1.54, 1.807) is 112 Å². The molecule has 0 radical (unpaired) electrons. The molecule has 3 aromatic carbocycles. The lowest BCUT2D eigenvalue weighted by Gasteiger charge is -2.32. The first kappa shape index (κ1) is 114. The molecule has 10 rings (SSSR count). The Bertz CT molecular complexity index is 5830. The fourth-order valence-electron chi connectivity index (χ4n) is 17.3. The predicted molar refractivity (Wildman–Crippen MR) is 533 cm³/mol. The van der Waals surface area contributed by atoms with Gasteiger partial charge in [0.05, 0.1) is 57.9 Å². The molecule has 16 amide bonds. The van der Waals surface area contributed by atoms with E-state index >= 15 is 38.4 Å². The quantitative estimate of drug-likeness (QED) is 0.0125. The first-order chi connectivity index (χ1) is 70.1. The van der Waals surface area contributed by atoms with Gasteiger partial charge in [0, 0.05) is 178 Å². The van der Waals surface area contributed by atoms with Crippen LogP contribution in [0.3, 0.4) is 0 Å². The number of aliphatic carboxylic acids is 4. The van der Waals surface area contributed by atoms with Crippen LogP contribution < -0.4 is 86.7 Å². The van der Waals surface area contributed by atoms with Crippen LogP contribution in [0.1, 0.15) is 101 Å². The highest BCUT2D eigenvalue weighted by molar-refractivity contribution is 8.76. The number of aromatic amines is 4. The van der Waals surface area contributed by atoms with E-state index in [9.17, 15) is 83.1 Å². The van der Waals surface area contributed by atoms with Crippen LogP contribution in [0.25, 0.3) is 32.7 Å². The normalized spacial score (nSPS) is 21.3. The number of benzene rings is 3. The Morgan fingerprint density at radius 2 is 0.939 bits per heavy atom. The highest BCUT2D eigenvalue weighted by Crippen LogP contribution is 2.28. The zero-order chi connectivity index (χ0) is 107. The van der Waals surface area contributed by atoms with Crippen LogP contribution in [0.15, 0.2) is 104 Å². The Hall–Kier alpha value is -14.7. The SMILES string of the molecule is CC[C@H](C)[C@H](NC(=O)[C@@H](NC(=O)[C@H](Cc1c[nH]c2ccccc12)NC(=O)CCCCCNC(=O)CN1CCN(CC(=O)O)CCN(CC(=O)O)CCN(CC(=O)O)CC1)[C@@H](C)O)C(=O)N[C@H]1CSSC[C@@H](C(=O)N[C@@H](Cc2c[nH]c3ccccc23)C(=O)N2C[C@@H](N)C[C@H]2C(N)=O)NC(=O)[C@H](CC(=O)O)NC(=O)[C@H](Cc2cnc[nH]2)NC(=O)[C@H](Cc2c[nH]c3ccccc23)NC(=O)[C@H](CC(N)=O)NC(=O)[C@H](CC(N)=O)NC1=O. The first-order valence-corrected chi connectivity index (χ1v) is 50.4. The van der Waals surface area contributed by atoms with E-state index < -0.39 is 253 Å². The number of nitrogens with zero attached hydrogens (tertiary/aromatic N) is 6. The summed E-state index contributed by atoms with van der Waals surface area (Å²) in [6.07, 6.45) is 1.37. The van der Waals surface area contributed by atoms with Gasteiger partial charge in [0.25, 0.3) is 0 Å². The number of nitrogens with one attached hydrogen (secondary N) is 16. The number of aromatic nitrogens is 5. The lowest BCUT2D eigenvalue weighted by Crippen LogP contribution is -2.63. The molecule has 3 aliphatic rings. The molecule has 15 atom stereocenters. The monoisotopic (exact) mass is 2080 g/mol. The largest absolute Gasteiger partial charge is 0.481 e. The predicted octanol–water partition coefficient (Wildman–Crippen LogP) is -5.93. The molecule has 3 saturated heterocycles. The number of H-pyrrole nitrogens is 4. The van der Waals surface area contributed by atoms with E-state index in [1.807, 2.05) is 0 Å². The maximum atomic E-state index is 15.5. The fraction of sp³-hybridized carbons (Fsp3) is 0.500. The number of carbonyl (C=O) groups excluding carboxylic acids is 16. The van der Waals surface area contributed by atoms with Gasteiger partial charge in [0.2, 0.25) is 94.5 Å². The van der Waals surface area contributed by atoms with Gasteiger partial charge in [-0.25, -0.2) is 4.98 Å². The number of amides is 16. The first-order valence-electron chi connectivity index (χ1n) is 47.9. The van der Waals surface area contributed by atoms with Gasteiger partial charge in [0.15, 0.2) is 0 Å². The number of carbonyl (C=O) groups is 20. The van der Waals surface area contributed by atoms with Crippen LogP contribution in [0.5, 0.6) is 0 Å². The van der Waals surface area contributed by atoms with Crippen molar-refractivity contribution in [2.75, 3.05) is 103 Å². The molecular formula is C94H128N26O25S2. The minimum absolute atomic E-state index is 0.0627. The molecule has 0 unspecified atom stereocenters. The minimum atomic E-state index is -2.16. The van der Waals surface area contributed by atoms with Crippen LogP contribution >= 0.6 is 21.6 Å². The van der Waals surface area contributed by atoms with Crippen molar-refractivity contribution >= 4 is 173 Å². The van der Waals surface area contributed by atoms with Gasteiger partial charge < -0.3 is 137 Å². The Morgan fingerprint density at radius 1 is 0.483 bits per heavy atom. The summed E-state index contributed by atoms with van der Waals surface area (Å²) in [6.45, 7) is 4.42. The van der Waals surface area contributed by atoms with Gasteiger partial charge in [-0.1, -0.05) is 103 Å². The van der Waals surface area contributed by atoms with E-state index in [0.717, 1.165) is 11.8 Å². The summed E-state index contributed by atoms with van der Waals surface area (Å²) < 4.78 is 0. The summed E-state index contributed by atoms with van der Waals surface area (Å²) >= 11 is 0. The van der Waals surface area contributed by atoms with Crippen molar-refractivity contribution in [3.05, 3.63) is 126 Å². The van der Waals surface area contributed by atoms with Gasteiger partial charge >= 0.3 is 23.9 Å². The second kappa shape index (κ2) is 55.6. The number of primary amides is 3.